The molecule has 2 aromatic rings. The fraction of sp³-hybridized carbons (Fsp3) is 0.312. The Morgan fingerprint density at radius 1 is 1.17 bits per heavy atom. The van der Waals surface area contributed by atoms with Gasteiger partial charge in [0.1, 0.15) is 5.76 Å². The second-order valence-corrected chi connectivity index (χ2v) is 6.87. The summed E-state index contributed by atoms with van der Waals surface area (Å²) in [5, 5.41) is 2.69. The van der Waals surface area contributed by atoms with Gasteiger partial charge < -0.3 is 9.73 Å². The number of amides is 1. The van der Waals surface area contributed by atoms with E-state index in [1.807, 2.05) is 0 Å². The third kappa shape index (κ3) is 4.20. The number of carbonyl (C=O) groups is 1. The van der Waals surface area contributed by atoms with E-state index in [0.717, 1.165) is 0 Å². The summed E-state index contributed by atoms with van der Waals surface area (Å²) in [4.78, 5) is 11.5. The summed E-state index contributed by atoms with van der Waals surface area (Å²) in [6.07, 6.45) is 1.88. The maximum absolute atomic E-state index is 12.7. The molecule has 2 rings (SSSR count). The number of sulfonamides is 1. The number of carbonyl (C=O) groups excluding carboxylic acids is 1. The van der Waals surface area contributed by atoms with Crippen LogP contribution in [0, 0.1) is 0 Å². The highest BCUT2D eigenvalue weighted by molar-refractivity contribution is 7.89. The molecule has 6 nitrogen and oxygen atoms in total. The molecule has 0 saturated heterocycles. The van der Waals surface area contributed by atoms with Gasteiger partial charge in [0, 0.05) is 18.7 Å². The van der Waals surface area contributed by atoms with Crippen LogP contribution in [0.2, 0.25) is 0 Å². The lowest BCUT2D eigenvalue weighted by molar-refractivity contribution is -0.115. The first-order valence-corrected chi connectivity index (χ1v) is 8.83. The van der Waals surface area contributed by atoms with E-state index in [1.165, 1.54) is 22.7 Å². The number of rotatable bonds is 7. The summed E-state index contributed by atoms with van der Waals surface area (Å²) in [5.41, 5.74) is 0.574. The smallest absolute Gasteiger partial charge is 0.243 e. The van der Waals surface area contributed by atoms with Gasteiger partial charge >= 0.3 is 0 Å². The number of nitrogens with zero attached hydrogens (tertiary/aromatic N) is 1. The lowest BCUT2D eigenvalue weighted by Crippen LogP contribution is -2.30. The van der Waals surface area contributed by atoms with Crippen LogP contribution in [-0.4, -0.2) is 25.2 Å². The van der Waals surface area contributed by atoms with E-state index in [9.17, 15) is 13.2 Å². The van der Waals surface area contributed by atoms with Crippen molar-refractivity contribution in [3.8, 4) is 0 Å². The molecule has 0 aliphatic carbocycles. The van der Waals surface area contributed by atoms with Crippen LogP contribution < -0.4 is 5.32 Å². The second kappa shape index (κ2) is 7.43. The lowest BCUT2D eigenvalue weighted by Gasteiger charge is -2.19. The fourth-order valence-corrected chi connectivity index (χ4v) is 3.47. The molecule has 1 N–H and O–H groups in total. The number of furan rings is 1. The predicted octanol–water partition coefficient (Wildman–Crippen LogP) is 2.84. The quantitative estimate of drug-likeness (QED) is 0.843. The first-order chi connectivity index (χ1) is 11.0. The molecule has 0 saturated carbocycles. The van der Waals surface area contributed by atoms with Gasteiger partial charge in [0.15, 0.2) is 0 Å². The lowest BCUT2D eigenvalue weighted by atomic mass is 10.3. The third-order valence-corrected chi connectivity index (χ3v) is 5.30. The average molecular weight is 336 g/mol. The minimum atomic E-state index is -3.62. The third-order valence-electron chi connectivity index (χ3n) is 3.36. The van der Waals surface area contributed by atoms with Crippen molar-refractivity contribution in [2.45, 2.75) is 31.7 Å². The molecule has 0 radical (unpaired) electrons. The van der Waals surface area contributed by atoms with E-state index in [2.05, 4.69) is 5.32 Å². The fourth-order valence-electron chi connectivity index (χ4n) is 2.05. The molecule has 0 aliphatic heterocycles. The predicted molar refractivity (Wildman–Crippen MR) is 87.3 cm³/mol. The molecule has 1 aromatic heterocycles. The van der Waals surface area contributed by atoms with Crippen LogP contribution in [0.25, 0.3) is 0 Å². The number of nitrogens with one attached hydrogen (secondary N) is 1. The van der Waals surface area contributed by atoms with Crippen molar-refractivity contribution < 1.29 is 17.6 Å². The first kappa shape index (κ1) is 17.2. The number of benzene rings is 1. The molecule has 0 aliphatic rings. The first-order valence-electron chi connectivity index (χ1n) is 7.39. The van der Waals surface area contributed by atoms with Crippen molar-refractivity contribution in [1.82, 2.24) is 4.31 Å². The van der Waals surface area contributed by atoms with E-state index in [1.54, 1.807) is 38.1 Å². The van der Waals surface area contributed by atoms with Crippen LogP contribution in [0.15, 0.2) is 52.0 Å². The van der Waals surface area contributed by atoms with Gasteiger partial charge in [-0.05, 0) is 36.4 Å². The van der Waals surface area contributed by atoms with E-state index >= 15 is 0 Å². The Labute approximate surface area is 136 Å². The largest absolute Gasteiger partial charge is 0.468 e. The molecule has 7 heteroatoms. The number of hydrogen-bond donors (Lipinski definition) is 1. The summed E-state index contributed by atoms with van der Waals surface area (Å²) in [7, 11) is -3.62. The summed E-state index contributed by atoms with van der Waals surface area (Å²) >= 11 is 0. The van der Waals surface area contributed by atoms with Gasteiger partial charge in [0.2, 0.25) is 15.9 Å². The van der Waals surface area contributed by atoms with E-state index in [4.69, 9.17) is 4.42 Å². The van der Waals surface area contributed by atoms with Crippen LogP contribution in [0.1, 0.15) is 26.0 Å². The molecule has 0 unspecified atom stereocenters. The van der Waals surface area contributed by atoms with Gasteiger partial charge in [-0.1, -0.05) is 13.8 Å². The Kier molecular flexibility index (Phi) is 5.57. The van der Waals surface area contributed by atoms with Gasteiger partial charge in [-0.25, -0.2) is 8.42 Å². The second-order valence-electron chi connectivity index (χ2n) is 4.94. The highest BCUT2D eigenvalue weighted by atomic mass is 32.2. The van der Waals surface area contributed by atoms with Crippen molar-refractivity contribution in [2.75, 3.05) is 11.9 Å². The Balaban J connectivity index is 2.18. The van der Waals surface area contributed by atoms with Crippen molar-refractivity contribution >= 4 is 21.6 Å². The normalized spacial score (nSPS) is 11.6. The maximum Gasteiger partial charge on any atom is 0.243 e. The molecule has 0 atom stereocenters. The number of hydrogen-bond acceptors (Lipinski definition) is 4. The Morgan fingerprint density at radius 3 is 2.39 bits per heavy atom. The minimum absolute atomic E-state index is 0.117. The van der Waals surface area contributed by atoms with Crippen LogP contribution in [0.3, 0.4) is 0 Å². The standard InChI is InChI=1S/C16H20N2O4S/c1-3-16(19)17-13-7-9-15(10-8-13)23(20,21)18(4-2)12-14-6-5-11-22-14/h5-11H,3-4,12H2,1-2H3,(H,17,19). The van der Waals surface area contributed by atoms with Crippen molar-refractivity contribution in [2.24, 2.45) is 0 Å². The summed E-state index contributed by atoms with van der Waals surface area (Å²) in [6, 6.07) is 9.61. The molecule has 0 fully saturated rings. The van der Waals surface area contributed by atoms with Crippen molar-refractivity contribution in [3.05, 3.63) is 48.4 Å². The molecular weight excluding hydrogens is 316 g/mol. The minimum Gasteiger partial charge on any atom is -0.468 e. The Hall–Kier alpha value is -2.12. The molecule has 0 bridgehead atoms. The van der Waals surface area contributed by atoms with Crippen LogP contribution in [0.5, 0.6) is 0 Å². The highest BCUT2D eigenvalue weighted by Gasteiger charge is 2.24. The van der Waals surface area contributed by atoms with Crippen molar-refractivity contribution in [1.29, 1.82) is 0 Å². The van der Waals surface area contributed by atoms with Gasteiger partial charge in [0.05, 0.1) is 17.7 Å². The Bertz CT molecular complexity index is 737. The van der Waals surface area contributed by atoms with Crippen LogP contribution >= 0.6 is 0 Å². The Morgan fingerprint density at radius 2 is 1.87 bits per heavy atom. The van der Waals surface area contributed by atoms with Crippen LogP contribution in [0.4, 0.5) is 5.69 Å². The van der Waals surface area contributed by atoms with Gasteiger partial charge in [0.25, 0.3) is 0 Å². The zero-order chi connectivity index (χ0) is 16.9. The van der Waals surface area contributed by atoms with E-state index in [-0.39, 0.29) is 17.3 Å². The maximum atomic E-state index is 12.7. The van der Waals surface area contributed by atoms with E-state index in [0.29, 0.717) is 24.4 Å². The van der Waals surface area contributed by atoms with Gasteiger partial charge in [-0.15, -0.1) is 0 Å². The van der Waals surface area contributed by atoms with Gasteiger partial charge in [-0.3, -0.25) is 4.79 Å². The summed E-state index contributed by atoms with van der Waals surface area (Å²) in [5.74, 6) is 0.468. The zero-order valence-electron chi connectivity index (χ0n) is 13.2. The average Bonchev–Trinajstić information content (AvgIpc) is 3.06. The zero-order valence-corrected chi connectivity index (χ0v) is 14.0. The molecule has 1 amide bonds. The molecule has 1 aromatic carbocycles. The van der Waals surface area contributed by atoms with Crippen molar-refractivity contribution in [3.63, 3.8) is 0 Å². The van der Waals surface area contributed by atoms with Gasteiger partial charge in [-0.2, -0.15) is 4.31 Å². The summed E-state index contributed by atoms with van der Waals surface area (Å²) in [6.45, 7) is 4.04. The van der Waals surface area contributed by atoms with Crippen LogP contribution in [-0.2, 0) is 21.4 Å². The molecule has 23 heavy (non-hydrogen) atoms. The molecular formula is C16H20N2O4S. The molecule has 0 spiro atoms. The van der Waals surface area contributed by atoms with E-state index < -0.39 is 10.0 Å². The summed E-state index contributed by atoms with van der Waals surface area (Å²) < 4.78 is 31.9. The molecule has 124 valence electrons. The molecule has 1 heterocycles. The SMILES string of the molecule is CCC(=O)Nc1ccc(S(=O)(=O)N(CC)Cc2ccco2)cc1. The monoisotopic (exact) mass is 336 g/mol. The topological polar surface area (TPSA) is 79.6 Å². The highest BCUT2D eigenvalue weighted by Crippen LogP contribution is 2.20. The number of anilines is 1.